The van der Waals surface area contributed by atoms with Gasteiger partial charge in [-0.3, -0.25) is 4.79 Å². The summed E-state index contributed by atoms with van der Waals surface area (Å²) >= 11 is 0. The van der Waals surface area contributed by atoms with Gasteiger partial charge in [0.05, 0.1) is 30.3 Å². The highest BCUT2D eigenvalue weighted by Gasteiger charge is 2.13. The number of aliphatic imine (C=N–C) groups is 1. The minimum Gasteiger partial charge on any atom is -0.396 e. The van der Waals surface area contributed by atoms with Crippen molar-refractivity contribution >= 4 is 22.9 Å². The normalized spacial score (nSPS) is 16.3. The van der Waals surface area contributed by atoms with Gasteiger partial charge in [-0.25, -0.2) is 4.99 Å². The average Bonchev–Trinajstić information content (AvgIpc) is 2.53. The van der Waals surface area contributed by atoms with E-state index in [0.717, 1.165) is 16.9 Å². The van der Waals surface area contributed by atoms with E-state index in [0.29, 0.717) is 18.8 Å². The Morgan fingerprint density at radius 3 is 2.26 bits per heavy atom. The van der Waals surface area contributed by atoms with Crippen LogP contribution >= 0.6 is 0 Å². The largest absolute Gasteiger partial charge is 0.396 e. The van der Waals surface area contributed by atoms with E-state index in [1.165, 1.54) is 6.08 Å². The predicted octanol–water partition coefficient (Wildman–Crippen LogP) is 0.922. The molecule has 0 spiro atoms. The van der Waals surface area contributed by atoms with Gasteiger partial charge in [0.25, 0.3) is 0 Å². The minimum atomic E-state index is -0.194. The number of allylic oxidation sites excluding steroid dienone is 3. The third kappa shape index (κ3) is 4.28. The molecule has 0 unspecified atom stereocenters. The van der Waals surface area contributed by atoms with Crippen molar-refractivity contribution in [1.82, 2.24) is 0 Å². The molecule has 6 nitrogen and oxygen atoms in total. The van der Waals surface area contributed by atoms with E-state index >= 15 is 0 Å². The molecule has 0 aliphatic heterocycles. The van der Waals surface area contributed by atoms with Gasteiger partial charge in [-0.2, -0.15) is 0 Å². The second kappa shape index (κ2) is 7.71. The highest BCUT2D eigenvalue weighted by atomic mass is 16.3. The van der Waals surface area contributed by atoms with Gasteiger partial charge >= 0.3 is 0 Å². The minimum absolute atomic E-state index is 0.0200. The molecule has 23 heavy (non-hydrogen) atoms. The maximum atomic E-state index is 11.5. The van der Waals surface area contributed by atoms with E-state index in [-0.39, 0.29) is 24.7 Å². The van der Waals surface area contributed by atoms with Gasteiger partial charge < -0.3 is 20.8 Å². The maximum Gasteiger partial charge on any atom is 0.201 e. The molecule has 0 saturated carbocycles. The van der Waals surface area contributed by atoms with Crippen LogP contribution in [0.15, 0.2) is 52.7 Å². The summed E-state index contributed by atoms with van der Waals surface area (Å²) in [5.41, 5.74) is 8.91. The second-order valence-corrected chi connectivity index (χ2v) is 5.24. The van der Waals surface area contributed by atoms with Crippen LogP contribution in [0.3, 0.4) is 0 Å². The lowest BCUT2D eigenvalue weighted by Crippen LogP contribution is -2.29. The summed E-state index contributed by atoms with van der Waals surface area (Å²) in [7, 11) is 0. The molecular formula is C17H21N3O3. The molecule has 0 amide bonds. The first-order valence-corrected chi connectivity index (χ1v) is 7.40. The van der Waals surface area contributed by atoms with Crippen molar-refractivity contribution in [3.8, 4) is 0 Å². The number of anilines is 1. The number of nitrogens with zero attached hydrogens (tertiary/aromatic N) is 2. The number of hydrogen-bond acceptors (Lipinski definition) is 6. The Labute approximate surface area is 135 Å². The molecule has 2 rings (SSSR count). The summed E-state index contributed by atoms with van der Waals surface area (Å²) in [6.45, 7) is 2.77. The number of rotatable bonds is 6. The van der Waals surface area contributed by atoms with Gasteiger partial charge in [0.2, 0.25) is 5.78 Å². The van der Waals surface area contributed by atoms with E-state index in [2.05, 4.69) is 4.99 Å². The summed E-state index contributed by atoms with van der Waals surface area (Å²) < 4.78 is 0. The first kappa shape index (κ1) is 16.9. The molecular weight excluding hydrogens is 294 g/mol. The smallest absolute Gasteiger partial charge is 0.201 e. The van der Waals surface area contributed by atoms with Gasteiger partial charge in [-0.15, -0.1) is 0 Å². The maximum absolute atomic E-state index is 11.5. The van der Waals surface area contributed by atoms with E-state index in [1.54, 1.807) is 6.08 Å². The standard InChI is InChI=1S/C17H21N3O3/c1-12-10-17(23)15(18)11-16(12)19-13-2-4-14(5-3-13)20(6-8-21)7-9-22/h2-5,10-11,21-22H,6-9,18H2,1H3. The van der Waals surface area contributed by atoms with Crippen LogP contribution in [-0.2, 0) is 4.79 Å². The molecule has 1 aromatic rings. The zero-order chi connectivity index (χ0) is 16.8. The highest BCUT2D eigenvalue weighted by Crippen LogP contribution is 2.21. The zero-order valence-corrected chi connectivity index (χ0v) is 13.1. The lowest BCUT2D eigenvalue weighted by Gasteiger charge is -2.22. The topological polar surface area (TPSA) is 99.2 Å². The van der Waals surface area contributed by atoms with Gasteiger partial charge in [0, 0.05) is 18.8 Å². The van der Waals surface area contributed by atoms with Crippen LogP contribution in [-0.4, -0.2) is 48.0 Å². The van der Waals surface area contributed by atoms with E-state index < -0.39 is 0 Å². The first-order valence-electron chi connectivity index (χ1n) is 7.40. The molecule has 122 valence electrons. The lowest BCUT2D eigenvalue weighted by atomic mass is 10.0. The van der Waals surface area contributed by atoms with Crippen molar-refractivity contribution in [2.45, 2.75) is 6.92 Å². The number of nitrogens with two attached hydrogens (primary N) is 1. The van der Waals surface area contributed by atoms with Crippen LogP contribution in [0.4, 0.5) is 11.4 Å². The van der Waals surface area contributed by atoms with Crippen molar-refractivity contribution in [3.05, 3.63) is 47.7 Å². The van der Waals surface area contributed by atoms with Crippen LogP contribution in [0.25, 0.3) is 0 Å². The lowest BCUT2D eigenvalue weighted by molar-refractivity contribution is -0.111. The fourth-order valence-corrected chi connectivity index (χ4v) is 2.30. The van der Waals surface area contributed by atoms with Crippen molar-refractivity contribution < 1.29 is 15.0 Å². The fourth-order valence-electron chi connectivity index (χ4n) is 2.30. The van der Waals surface area contributed by atoms with Crippen molar-refractivity contribution in [2.75, 3.05) is 31.2 Å². The van der Waals surface area contributed by atoms with Crippen molar-refractivity contribution in [2.24, 2.45) is 10.7 Å². The molecule has 4 N–H and O–H groups in total. The Kier molecular flexibility index (Phi) is 5.67. The molecule has 0 radical (unpaired) electrons. The Morgan fingerprint density at radius 2 is 1.70 bits per heavy atom. The molecule has 1 aromatic carbocycles. The second-order valence-electron chi connectivity index (χ2n) is 5.24. The van der Waals surface area contributed by atoms with E-state index in [4.69, 9.17) is 15.9 Å². The van der Waals surface area contributed by atoms with Gasteiger partial charge in [-0.1, -0.05) is 0 Å². The number of aliphatic hydroxyl groups excluding tert-OH is 2. The molecule has 0 saturated heterocycles. The highest BCUT2D eigenvalue weighted by molar-refractivity contribution is 6.21. The number of carbonyl (C=O) groups is 1. The Hall–Kier alpha value is -2.44. The SMILES string of the molecule is CC1=CC(=O)C(N)=CC1=Nc1ccc(N(CCO)CCO)cc1. The number of carbonyl (C=O) groups excluding carboxylic acids is 1. The van der Waals surface area contributed by atoms with Gasteiger partial charge in [-0.05, 0) is 48.9 Å². The summed E-state index contributed by atoms with van der Waals surface area (Å²) in [5, 5.41) is 18.1. The number of benzene rings is 1. The molecule has 1 aliphatic rings. The van der Waals surface area contributed by atoms with Crippen LogP contribution in [0.2, 0.25) is 0 Å². The fraction of sp³-hybridized carbons (Fsp3) is 0.294. The quantitative estimate of drug-likeness (QED) is 0.678. The summed E-state index contributed by atoms with van der Waals surface area (Å²) in [4.78, 5) is 17.9. The van der Waals surface area contributed by atoms with Crippen LogP contribution in [0.5, 0.6) is 0 Å². The molecule has 0 heterocycles. The average molecular weight is 315 g/mol. The molecule has 6 heteroatoms. The zero-order valence-electron chi connectivity index (χ0n) is 13.1. The monoisotopic (exact) mass is 315 g/mol. The third-order valence-electron chi connectivity index (χ3n) is 3.53. The molecule has 0 atom stereocenters. The Balaban J connectivity index is 2.21. The number of ketones is 1. The van der Waals surface area contributed by atoms with Crippen molar-refractivity contribution in [3.63, 3.8) is 0 Å². The Bertz CT molecular complexity index is 654. The summed E-state index contributed by atoms with van der Waals surface area (Å²) in [6, 6.07) is 7.45. The first-order chi connectivity index (χ1) is 11.0. The third-order valence-corrected chi connectivity index (χ3v) is 3.53. The van der Waals surface area contributed by atoms with Gasteiger partial charge in [0.15, 0.2) is 0 Å². The van der Waals surface area contributed by atoms with Gasteiger partial charge in [0.1, 0.15) is 0 Å². The van der Waals surface area contributed by atoms with E-state index in [1.807, 2.05) is 36.1 Å². The Morgan fingerprint density at radius 1 is 1.09 bits per heavy atom. The number of aliphatic hydroxyl groups is 2. The van der Waals surface area contributed by atoms with Crippen LogP contribution in [0.1, 0.15) is 6.92 Å². The van der Waals surface area contributed by atoms with Crippen LogP contribution in [0, 0.1) is 0 Å². The molecule has 0 fully saturated rings. The van der Waals surface area contributed by atoms with Crippen molar-refractivity contribution in [1.29, 1.82) is 0 Å². The summed E-state index contributed by atoms with van der Waals surface area (Å²) in [6.07, 6.45) is 3.06. The summed E-state index contributed by atoms with van der Waals surface area (Å²) in [5.74, 6) is -0.194. The predicted molar refractivity (Wildman–Crippen MR) is 91.0 cm³/mol. The molecule has 0 bridgehead atoms. The molecule has 1 aliphatic carbocycles. The number of hydrogen-bond donors (Lipinski definition) is 3. The van der Waals surface area contributed by atoms with Crippen LogP contribution < -0.4 is 10.6 Å². The van der Waals surface area contributed by atoms with E-state index in [9.17, 15) is 4.79 Å². The molecule has 0 aromatic heterocycles.